The summed E-state index contributed by atoms with van der Waals surface area (Å²) in [5.41, 5.74) is 0.818. The summed E-state index contributed by atoms with van der Waals surface area (Å²) in [6.45, 7) is 3.31. The predicted molar refractivity (Wildman–Crippen MR) is 58.4 cm³/mol. The molecule has 0 amide bonds. The van der Waals surface area contributed by atoms with Crippen LogP contribution in [0.1, 0.15) is 18.5 Å². The highest BCUT2D eigenvalue weighted by Crippen LogP contribution is 2.17. The summed E-state index contributed by atoms with van der Waals surface area (Å²) in [5, 5.41) is 6.70. The summed E-state index contributed by atoms with van der Waals surface area (Å²) in [6.07, 6.45) is 1.18. The molecule has 1 fully saturated rings. The molecule has 6 heteroatoms. The molecule has 1 saturated heterocycles. The highest BCUT2D eigenvalue weighted by atomic mass is 32.1. The van der Waals surface area contributed by atoms with Gasteiger partial charge >= 0.3 is 0 Å². The molecular weight excluding hydrogens is 212 g/mol. The Morgan fingerprint density at radius 1 is 1.40 bits per heavy atom. The van der Waals surface area contributed by atoms with E-state index in [2.05, 4.69) is 20.1 Å². The van der Waals surface area contributed by atoms with Gasteiger partial charge in [-0.1, -0.05) is 0 Å². The number of H-pyrrole nitrogens is 1. The van der Waals surface area contributed by atoms with E-state index in [4.69, 9.17) is 12.2 Å². The molecule has 1 aromatic rings. The van der Waals surface area contributed by atoms with Crippen molar-refractivity contribution < 1.29 is 4.79 Å². The molecule has 2 rings (SSSR count). The number of hydrogen-bond donors (Lipinski definition) is 1. The number of aromatic nitrogens is 3. The Labute approximate surface area is 92.5 Å². The van der Waals surface area contributed by atoms with Crippen LogP contribution in [0.25, 0.3) is 0 Å². The molecule has 80 valence electrons. The minimum atomic E-state index is 0.318. The summed E-state index contributed by atoms with van der Waals surface area (Å²) in [4.78, 5) is 17.4. The van der Waals surface area contributed by atoms with Crippen LogP contribution in [-0.2, 0) is 4.79 Å². The minimum absolute atomic E-state index is 0.318. The van der Waals surface area contributed by atoms with Crippen LogP contribution in [-0.4, -0.2) is 34.1 Å². The van der Waals surface area contributed by atoms with Gasteiger partial charge in [0, 0.05) is 25.9 Å². The largest absolute Gasteiger partial charge is 0.354 e. The maximum Gasteiger partial charge on any atom is 0.215 e. The summed E-state index contributed by atoms with van der Waals surface area (Å²) in [7, 11) is 0. The van der Waals surface area contributed by atoms with E-state index in [0.29, 0.717) is 36.5 Å². The minimum Gasteiger partial charge on any atom is -0.354 e. The lowest BCUT2D eigenvalue weighted by Crippen LogP contribution is -2.35. The number of piperidine rings is 1. The maximum absolute atomic E-state index is 11.1. The molecule has 1 aromatic heterocycles. The van der Waals surface area contributed by atoms with Crippen LogP contribution in [0.5, 0.6) is 0 Å². The Hall–Kier alpha value is -1.30. The van der Waals surface area contributed by atoms with Crippen molar-refractivity contribution in [3.63, 3.8) is 0 Å². The number of anilines is 1. The van der Waals surface area contributed by atoms with Gasteiger partial charge in [-0.3, -0.25) is 9.89 Å². The van der Waals surface area contributed by atoms with Crippen molar-refractivity contribution in [2.24, 2.45) is 0 Å². The molecule has 2 heterocycles. The summed E-state index contributed by atoms with van der Waals surface area (Å²) >= 11 is 4.93. The zero-order valence-corrected chi connectivity index (χ0v) is 9.30. The molecule has 0 bridgehead atoms. The molecule has 1 N–H and O–H groups in total. The first kappa shape index (κ1) is 10.2. The van der Waals surface area contributed by atoms with Crippen molar-refractivity contribution in [3.8, 4) is 0 Å². The Morgan fingerprint density at radius 2 is 2.07 bits per heavy atom. The van der Waals surface area contributed by atoms with E-state index < -0.39 is 0 Å². The average Bonchev–Trinajstić information content (AvgIpc) is 2.23. The molecule has 0 radical (unpaired) electrons. The monoisotopic (exact) mass is 224 g/mol. The van der Waals surface area contributed by atoms with E-state index in [9.17, 15) is 4.79 Å². The number of nitrogens with zero attached hydrogens (tertiary/aromatic N) is 3. The Balaban J connectivity index is 2.25. The van der Waals surface area contributed by atoms with Gasteiger partial charge in [0.1, 0.15) is 11.5 Å². The van der Waals surface area contributed by atoms with Gasteiger partial charge < -0.3 is 4.90 Å². The molecule has 0 unspecified atom stereocenters. The fourth-order valence-corrected chi connectivity index (χ4v) is 1.78. The zero-order valence-electron chi connectivity index (χ0n) is 8.49. The van der Waals surface area contributed by atoms with Gasteiger partial charge in [0.05, 0.1) is 0 Å². The first-order valence-electron chi connectivity index (χ1n) is 4.87. The standard InChI is InChI=1S/C9H12N4OS/c1-6-8(10-9(15)12-11-6)13-4-2-7(14)3-5-13/h2-5H2,1H3,(H,10,12,15). The van der Waals surface area contributed by atoms with Gasteiger partial charge in [0.25, 0.3) is 0 Å². The number of carbonyl (C=O) groups is 1. The summed E-state index contributed by atoms with van der Waals surface area (Å²) < 4.78 is 0.382. The van der Waals surface area contributed by atoms with Crippen molar-refractivity contribution in [1.29, 1.82) is 0 Å². The van der Waals surface area contributed by atoms with Gasteiger partial charge in [0.2, 0.25) is 4.77 Å². The second-order valence-electron chi connectivity index (χ2n) is 3.58. The number of aryl methyl sites for hydroxylation is 1. The van der Waals surface area contributed by atoms with Gasteiger partial charge in [-0.25, -0.2) is 0 Å². The smallest absolute Gasteiger partial charge is 0.215 e. The van der Waals surface area contributed by atoms with Crippen LogP contribution in [0, 0.1) is 11.7 Å². The molecule has 1 aliphatic rings. The number of rotatable bonds is 1. The lowest BCUT2D eigenvalue weighted by Gasteiger charge is -2.27. The molecule has 5 nitrogen and oxygen atoms in total. The van der Waals surface area contributed by atoms with E-state index in [1.807, 2.05) is 6.92 Å². The predicted octanol–water partition coefficient (Wildman–Crippen LogP) is 1.01. The van der Waals surface area contributed by atoms with Gasteiger partial charge in [0.15, 0.2) is 5.82 Å². The highest BCUT2D eigenvalue weighted by molar-refractivity contribution is 7.71. The summed E-state index contributed by atoms with van der Waals surface area (Å²) in [5.74, 6) is 1.12. The van der Waals surface area contributed by atoms with Gasteiger partial charge in [-0.15, -0.1) is 0 Å². The van der Waals surface area contributed by atoms with Crippen LogP contribution in [0.3, 0.4) is 0 Å². The fraction of sp³-hybridized carbons (Fsp3) is 0.556. The van der Waals surface area contributed by atoms with Crippen molar-refractivity contribution in [2.45, 2.75) is 19.8 Å². The molecule has 15 heavy (non-hydrogen) atoms. The van der Waals surface area contributed by atoms with Crippen molar-refractivity contribution >= 4 is 23.8 Å². The Bertz CT molecular complexity index is 432. The first-order chi connectivity index (χ1) is 7.16. The Kier molecular flexibility index (Phi) is 2.77. The topological polar surface area (TPSA) is 61.9 Å². The number of Topliss-reactive ketones (excluding diaryl/α,β-unsaturated/α-hetero) is 1. The molecule has 0 aliphatic carbocycles. The summed E-state index contributed by atoms with van der Waals surface area (Å²) in [6, 6.07) is 0. The second-order valence-corrected chi connectivity index (χ2v) is 3.96. The molecule has 1 aliphatic heterocycles. The van der Waals surface area contributed by atoms with E-state index in [0.717, 1.165) is 11.5 Å². The number of ketones is 1. The lowest BCUT2D eigenvalue weighted by molar-refractivity contribution is -0.119. The number of nitrogens with one attached hydrogen (secondary N) is 1. The molecule has 0 aromatic carbocycles. The quantitative estimate of drug-likeness (QED) is 0.721. The third-order valence-electron chi connectivity index (χ3n) is 2.47. The molecule has 0 saturated carbocycles. The van der Waals surface area contributed by atoms with Crippen LogP contribution in [0.4, 0.5) is 5.82 Å². The van der Waals surface area contributed by atoms with Gasteiger partial charge in [-0.05, 0) is 19.1 Å². The molecule has 0 spiro atoms. The van der Waals surface area contributed by atoms with Crippen LogP contribution in [0.15, 0.2) is 0 Å². The Morgan fingerprint density at radius 3 is 2.73 bits per heavy atom. The van der Waals surface area contributed by atoms with Crippen molar-refractivity contribution in [2.75, 3.05) is 18.0 Å². The van der Waals surface area contributed by atoms with E-state index >= 15 is 0 Å². The maximum atomic E-state index is 11.1. The number of hydrogen-bond acceptors (Lipinski definition) is 5. The number of carbonyl (C=O) groups excluding carboxylic acids is 1. The van der Waals surface area contributed by atoms with Crippen LogP contribution < -0.4 is 4.90 Å². The van der Waals surface area contributed by atoms with Crippen molar-refractivity contribution in [3.05, 3.63) is 10.5 Å². The molecular formula is C9H12N4OS. The average molecular weight is 224 g/mol. The SMILES string of the molecule is Cc1n[nH]c(=S)nc1N1CCC(=O)CC1. The van der Waals surface area contributed by atoms with Crippen molar-refractivity contribution in [1.82, 2.24) is 15.2 Å². The fourth-order valence-electron chi connectivity index (χ4n) is 1.65. The third-order valence-corrected chi connectivity index (χ3v) is 2.65. The molecule has 0 atom stereocenters. The van der Waals surface area contributed by atoms with E-state index in [-0.39, 0.29) is 0 Å². The first-order valence-corrected chi connectivity index (χ1v) is 5.27. The second kappa shape index (κ2) is 4.06. The highest BCUT2D eigenvalue weighted by Gasteiger charge is 2.19. The lowest BCUT2D eigenvalue weighted by atomic mass is 10.1. The third kappa shape index (κ3) is 2.20. The van der Waals surface area contributed by atoms with Crippen LogP contribution >= 0.6 is 12.2 Å². The van der Waals surface area contributed by atoms with E-state index in [1.165, 1.54) is 0 Å². The van der Waals surface area contributed by atoms with E-state index in [1.54, 1.807) is 0 Å². The normalized spacial score (nSPS) is 16.9. The number of aromatic amines is 1. The van der Waals surface area contributed by atoms with Crippen LogP contribution in [0.2, 0.25) is 0 Å². The zero-order chi connectivity index (χ0) is 10.8. The van der Waals surface area contributed by atoms with Gasteiger partial charge in [-0.2, -0.15) is 10.1 Å².